The Hall–Kier alpha value is -1.09. The fourth-order valence-electron chi connectivity index (χ4n) is 2.21. The molecule has 3 rings (SSSR count). The number of hydrogen-bond acceptors (Lipinski definition) is 2. The van der Waals surface area contributed by atoms with Gasteiger partial charge in [-0.05, 0) is 30.7 Å². The number of hydrogen-bond donors (Lipinski definition) is 0. The fraction of sp³-hybridized carbons (Fsp3) is 0.417. The van der Waals surface area contributed by atoms with Crippen molar-refractivity contribution in [3.63, 3.8) is 0 Å². The first-order valence-electron chi connectivity index (χ1n) is 5.49. The summed E-state index contributed by atoms with van der Waals surface area (Å²) in [5, 5.41) is 2.13. The van der Waals surface area contributed by atoms with Crippen LogP contribution in [0.15, 0.2) is 23.7 Å². The maximum atomic E-state index is 4.54. The van der Waals surface area contributed by atoms with Crippen molar-refractivity contribution in [1.29, 1.82) is 0 Å². The average molecular weight is 218 g/mol. The minimum atomic E-state index is 0.998. The van der Waals surface area contributed by atoms with E-state index in [2.05, 4.69) is 33.3 Å². The Morgan fingerprint density at radius 2 is 2.40 bits per heavy atom. The summed E-state index contributed by atoms with van der Waals surface area (Å²) in [7, 11) is 0. The summed E-state index contributed by atoms with van der Waals surface area (Å²) in [5.74, 6) is 1.24. The zero-order valence-electron chi connectivity index (χ0n) is 8.65. The van der Waals surface area contributed by atoms with Gasteiger partial charge in [0.2, 0.25) is 0 Å². The van der Waals surface area contributed by atoms with Crippen LogP contribution in [-0.2, 0) is 19.4 Å². The average Bonchev–Trinajstić information content (AvgIpc) is 2.89. The van der Waals surface area contributed by atoms with Gasteiger partial charge in [-0.2, -0.15) is 0 Å². The number of aromatic nitrogens is 2. The Kier molecular flexibility index (Phi) is 2.33. The first kappa shape index (κ1) is 9.16. The molecule has 0 fully saturated rings. The molecule has 2 nitrogen and oxygen atoms in total. The quantitative estimate of drug-likeness (QED) is 0.758. The highest BCUT2D eigenvalue weighted by Crippen LogP contribution is 2.20. The lowest BCUT2D eigenvalue weighted by atomic mass is 10.1. The molecule has 0 aliphatic carbocycles. The van der Waals surface area contributed by atoms with Gasteiger partial charge >= 0.3 is 0 Å². The van der Waals surface area contributed by atoms with Crippen molar-refractivity contribution in [3.05, 3.63) is 40.1 Å². The molecule has 0 radical (unpaired) electrons. The SMILES string of the molecule is c1csc(Cc2ncc3n2CCCC3)c1. The van der Waals surface area contributed by atoms with E-state index in [0.717, 1.165) is 13.0 Å². The monoisotopic (exact) mass is 218 g/mol. The molecule has 0 amide bonds. The minimum Gasteiger partial charge on any atom is -0.332 e. The molecular weight excluding hydrogens is 204 g/mol. The van der Waals surface area contributed by atoms with E-state index in [1.54, 1.807) is 0 Å². The molecule has 0 atom stereocenters. The lowest BCUT2D eigenvalue weighted by molar-refractivity contribution is 0.518. The molecule has 0 saturated carbocycles. The zero-order valence-corrected chi connectivity index (χ0v) is 9.46. The number of nitrogens with zero attached hydrogens (tertiary/aromatic N) is 2. The molecule has 3 heteroatoms. The standard InChI is InChI=1S/C12H14N2S/c1-2-6-14-10(4-1)9-13-12(14)8-11-5-3-7-15-11/h3,5,7,9H,1-2,4,6,8H2. The Bertz CT molecular complexity index is 442. The molecule has 0 spiro atoms. The predicted molar refractivity (Wildman–Crippen MR) is 62.3 cm³/mol. The first-order valence-corrected chi connectivity index (χ1v) is 6.37. The lowest BCUT2D eigenvalue weighted by Crippen LogP contribution is -2.12. The highest BCUT2D eigenvalue weighted by molar-refractivity contribution is 7.09. The van der Waals surface area contributed by atoms with E-state index in [4.69, 9.17) is 0 Å². The van der Waals surface area contributed by atoms with Gasteiger partial charge in [0.05, 0.1) is 0 Å². The molecule has 15 heavy (non-hydrogen) atoms. The van der Waals surface area contributed by atoms with E-state index < -0.39 is 0 Å². The number of fused-ring (bicyclic) bond motifs is 1. The summed E-state index contributed by atoms with van der Waals surface area (Å²) < 4.78 is 2.41. The number of aryl methyl sites for hydroxylation is 1. The van der Waals surface area contributed by atoms with Gasteiger partial charge < -0.3 is 4.57 Å². The smallest absolute Gasteiger partial charge is 0.114 e. The Labute approximate surface area is 93.6 Å². The van der Waals surface area contributed by atoms with Gasteiger partial charge in [-0.15, -0.1) is 11.3 Å². The second-order valence-corrected chi connectivity index (χ2v) is 5.06. The van der Waals surface area contributed by atoms with Crippen molar-refractivity contribution in [1.82, 2.24) is 9.55 Å². The summed E-state index contributed by atoms with van der Waals surface area (Å²) in [5.41, 5.74) is 1.42. The Morgan fingerprint density at radius 3 is 3.27 bits per heavy atom. The van der Waals surface area contributed by atoms with Crippen molar-refractivity contribution in [2.75, 3.05) is 0 Å². The summed E-state index contributed by atoms with van der Waals surface area (Å²) in [6.07, 6.45) is 6.89. The Morgan fingerprint density at radius 1 is 1.40 bits per heavy atom. The van der Waals surface area contributed by atoms with E-state index in [1.807, 2.05) is 11.3 Å². The van der Waals surface area contributed by atoms with E-state index >= 15 is 0 Å². The van der Waals surface area contributed by atoms with Crippen LogP contribution in [0.25, 0.3) is 0 Å². The van der Waals surface area contributed by atoms with Gasteiger partial charge in [-0.25, -0.2) is 4.98 Å². The zero-order chi connectivity index (χ0) is 10.1. The summed E-state index contributed by atoms with van der Waals surface area (Å²) in [6, 6.07) is 4.30. The van der Waals surface area contributed by atoms with Gasteiger partial charge in [-0.1, -0.05) is 6.07 Å². The number of thiophene rings is 1. The molecule has 1 aliphatic heterocycles. The first-order chi connectivity index (χ1) is 7.43. The fourth-order valence-corrected chi connectivity index (χ4v) is 2.91. The van der Waals surface area contributed by atoms with Crippen LogP contribution < -0.4 is 0 Å². The number of imidazole rings is 1. The van der Waals surface area contributed by atoms with Gasteiger partial charge in [0.1, 0.15) is 5.82 Å². The van der Waals surface area contributed by atoms with Crippen LogP contribution in [0.2, 0.25) is 0 Å². The molecule has 2 aromatic heterocycles. The number of rotatable bonds is 2. The lowest BCUT2D eigenvalue weighted by Gasteiger charge is -2.16. The van der Waals surface area contributed by atoms with E-state index in [-0.39, 0.29) is 0 Å². The third-order valence-corrected chi connectivity index (χ3v) is 3.87. The summed E-state index contributed by atoms with van der Waals surface area (Å²) in [6.45, 7) is 1.16. The molecule has 0 aromatic carbocycles. The van der Waals surface area contributed by atoms with Crippen LogP contribution in [0.3, 0.4) is 0 Å². The molecule has 0 unspecified atom stereocenters. The topological polar surface area (TPSA) is 17.8 Å². The maximum absolute atomic E-state index is 4.54. The third-order valence-electron chi connectivity index (χ3n) is 3.00. The van der Waals surface area contributed by atoms with Crippen LogP contribution in [0, 0.1) is 0 Å². The van der Waals surface area contributed by atoms with E-state index in [1.165, 1.54) is 35.7 Å². The van der Waals surface area contributed by atoms with E-state index in [0.29, 0.717) is 0 Å². The highest BCUT2D eigenvalue weighted by atomic mass is 32.1. The molecule has 1 aliphatic rings. The molecule has 2 aromatic rings. The van der Waals surface area contributed by atoms with Crippen molar-refractivity contribution < 1.29 is 0 Å². The van der Waals surface area contributed by atoms with Gasteiger partial charge in [0, 0.05) is 29.7 Å². The van der Waals surface area contributed by atoms with Crippen molar-refractivity contribution in [2.24, 2.45) is 0 Å². The van der Waals surface area contributed by atoms with E-state index in [9.17, 15) is 0 Å². The molecular formula is C12H14N2S. The van der Waals surface area contributed by atoms with Crippen molar-refractivity contribution in [2.45, 2.75) is 32.2 Å². The van der Waals surface area contributed by atoms with Crippen molar-refractivity contribution >= 4 is 11.3 Å². The second kappa shape index (κ2) is 3.81. The van der Waals surface area contributed by atoms with Crippen molar-refractivity contribution in [3.8, 4) is 0 Å². The van der Waals surface area contributed by atoms with Gasteiger partial charge in [0.15, 0.2) is 0 Å². The summed E-state index contributed by atoms with van der Waals surface area (Å²) >= 11 is 1.82. The van der Waals surface area contributed by atoms with Gasteiger partial charge in [0.25, 0.3) is 0 Å². The molecule has 0 bridgehead atoms. The molecule has 0 N–H and O–H groups in total. The molecule has 78 valence electrons. The molecule has 0 saturated heterocycles. The second-order valence-electron chi connectivity index (χ2n) is 4.03. The van der Waals surface area contributed by atoms with Crippen LogP contribution in [-0.4, -0.2) is 9.55 Å². The largest absolute Gasteiger partial charge is 0.332 e. The normalized spacial score (nSPS) is 15.2. The predicted octanol–water partition coefficient (Wildman–Crippen LogP) is 2.87. The third kappa shape index (κ3) is 1.72. The van der Waals surface area contributed by atoms with Crippen LogP contribution in [0.1, 0.15) is 29.2 Å². The minimum absolute atomic E-state index is 0.998. The maximum Gasteiger partial charge on any atom is 0.114 e. The Balaban J connectivity index is 1.89. The van der Waals surface area contributed by atoms with Crippen LogP contribution >= 0.6 is 11.3 Å². The summed E-state index contributed by atoms with van der Waals surface area (Å²) in [4.78, 5) is 5.95. The highest BCUT2D eigenvalue weighted by Gasteiger charge is 2.13. The van der Waals surface area contributed by atoms with Crippen LogP contribution in [0.4, 0.5) is 0 Å². The molecule has 3 heterocycles. The van der Waals surface area contributed by atoms with Gasteiger partial charge in [-0.3, -0.25) is 0 Å². The van der Waals surface area contributed by atoms with Crippen LogP contribution in [0.5, 0.6) is 0 Å².